The topological polar surface area (TPSA) is 89.0 Å². The third-order valence-corrected chi connectivity index (χ3v) is 8.18. The van der Waals surface area contributed by atoms with Crippen LogP contribution in [0, 0.1) is 13.8 Å². The summed E-state index contributed by atoms with van der Waals surface area (Å²) < 4.78 is 12.5. The first kappa shape index (κ1) is 25.8. The van der Waals surface area contributed by atoms with Crippen molar-refractivity contribution in [2.45, 2.75) is 39.3 Å². The molecule has 0 bridgehead atoms. The van der Waals surface area contributed by atoms with Crippen molar-refractivity contribution in [1.29, 1.82) is 0 Å². The van der Waals surface area contributed by atoms with Crippen LogP contribution in [0.1, 0.15) is 40.8 Å². The molecule has 0 spiro atoms. The molecule has 7 nitrogen and oxygen atoms in total. The summed E-state index contributed by atoms with van der Waals surface area (Å²) >= 11 is 1.35. The highest BCUT2D eigenvalue weighted by molar-refractivity contribution is 7.22. The van der Waals surface area contributed by atoms with Gasteiger partial charge < -0.3 is 14.6 Å². The number of benzene rings is 3. The first-order valence-electron chi connectivity index (χ1n) is 13.1. The SMILES string of the molecule is C=CCOc1cccc([C@H]2/C(=C(\O)c3ccc4c(c3)C[C@H](C)O4)C(=O)C(=O)N2c2nc3c(C)cc(C)cc3s2)c1. The van der Waals surface area contributed by atoms with Crippen LogP contribution in [-0.2, 0) is 16.0 Å². The molecule has 1 aromatic heterocycles. The highest BCUT2D eigenvalue weighted by Crippen LogP contribution is 2.45. The Labute approximate surface area is 236 Å². The van der Waals surface area contributed by atoms with Gasteiger partial charge in [0.1, 0.15) is 30.0 Å². The van der Waals surface area contributed by atoms with E-state index >= 15 is 0 Å². The van der Waals surface area contributed by atoms with Gasteiger partial charge in [0.15, 0.2) is 5.13 Å². The first-order chi connectivity index (χ1) is 19.2. The summed E-state index contributed by atoms with van der Waals surface area (Å²) in [7, 11) is 0. The van der Waals surface area contributed by atoms with Crippen LogP contribution in [0.15, 0.2) is 72.8 Å². The van der Waals surface area contributed by atoms with Gasteiger partial charge in [-0.3, -0.25) is 14.5 Å². The van der Waals surface area contributed by atoms with Crippen LogP contribution < -0.4 is 14.4 Å². The van der Waals surface area contributed by atoms with Gasteiger partial charge in [0.25, 0.3) is 5.78 Å². The number of hydrogen-bond donors (Lipinski definition) is 1. The van der Waals surface area contributed by atoms with E-state index in [2.05, 4.69) is 6.58 Å². The molecular weight excluding hydrogens is 524 g/mol. The molecule has 0 unspecified atom stereocenters. The van der Waals surface area contributed by atoms with Crippen LogP contribution in [0.4, 0.5) is 5.13 Å². The summed E-state index contributed by atoms with van der Waals surface area (Å²) in [4.78, 5) is 33.5. The van der Waals surface area contributed by atoms with E-state index in [9.17, 15) is 14.7 Å². The third-order valence-electron chi connectivity index (χ3n) is 7.18. The highest BCUT2D eigenvalue weighted by Gasteiger charge is 2.48. The third kappa shape index (κ3) is 4.34. The minimum absolute atomic E-state index is 0.00458. The molecule has 1 saturated heterocycles. The van der Waals surface area contributed by atoms with Gasteiger partial charge in [-0.15, -0.1) is 0 Å². The van der Waals surface area contributed by atoms with Gasteiger partial charge in [0.05, 0.1) is 21.8 Å². The zero-order valence-electron chi connectivity index (χ0n) is 22.4. The number of amides is 1. The Bertz CT molecular complexity index is 1740. The fourth-order valence-electron chi connectivity index (χ4n) is 5.46. The number of aryl methyl sites for hydroxylation is 2. The van der Waals surface area contributed by atoms with Crippen LogP contribution in [0.25, 0.3) is 16.0 Å². The Morgan fingerprint density at radius 1 is 1.20 bits per heavy atom. The van der Waals surface area contributed by atoms with Crippen molar-refractivity contribution in [2.75, 3.05) is 11.5 Å². The molecule has 3 aromatic carbocycles. The number of fused-ring (bicyclic) bond motifs is 2. The van der Waals surface area contributed by atoms with Crippen LogP contribution in [0.5, 0.6) is 11.5 Å². The van der Waals surface area contributed by atoms with Gasteiger partial charge in [-0.1, -0.05) is 42.2 Å². The zero-order chi connectivity index (χ0) is 28.1. The number of rotatable bonds is 6. The molecule has 2 aliphatic rings. The zero-order valence-corrected chi connectivity index (χ0v) is 23.2. The number of ketones is 1. The van der Waals surface area contributed by atoms with Crippen molar-refractivity contribution in [3.8, 4) is 11.5 Å². The molecule has 40 heavy (non-hydrogen) atoms. The van der Waals surface area contributed by atoms with E-state index in [0.717, 1.165) is 32.7 Å². The van der Waals surface area contributed by atoms with E-state index in [1.807, 2.05) is 45.0 Å². The average molecular weight is 553 g/mol. The van der Waals surface area contributed by atoms with Crippen molar-refractivity contribution in [3.63, 3.8) is 0 Å². The predicted octanol–water partition coefficient (Wildman–Crippen LogP) is 6.43. The molecule has 4 aromatic rings. The van der Waals surface area contributed by atoms with Gasteiger partial charge in [-0.25, -0.2) is 4.98 Å². The molecule has 1 N–H and O–H groups in total. The Morgan fingerprint density at radius 3 is 2.83 bits per heavy atom. The molecule has 0 saturated carbocycles. The summed E-state index contributed by atoms with van der Waals surface area (Å²) in [6.45, 7) is 9.97. The number of ether oxygens (including phenoxy) is 2. The van der Waals surface area contributed by atoms with Gasteiger partial charge >= 0.3 is 5.91 Å². The van der Waals surface area contributed by atoms with E-state index in [1.165, 1.54) is 16.2 Å². The number of nitrogens with zero attached hydrogens (tertiary/aromatic N) is 2. The van der Waals surface area contributed by atoms with Gasteiger partial charge in [-0.2, -0.15) is 0 Å². The number of carbonyl (C=O) groups excluding carboxylic acids is 2. The lowest BCUT2D eigenvalue weighted by Gasteiger charge is -2.23. The predicted molar refractivity (Wildman–Crippen MR) is 156 cm³/mol. The number of Topliss-reactive ketones (excluding diaryl/α,β-unsaturated/α-hetero) is 1. The molecular formula is C32H28N2O5S. The van der Waals surface area contributed by atoms with E-state index in [0.29, 0.717) is 35.0 Å². The number of anilines is 1. The molecule has 3 heterocycles. The fourth-order valence-corrected chi connectivity index (χ4v) is 6.63. The highest BCUT2D eigenvalue weighted by atomic mass is 32.1. The Hall–Kier alpha value is -4.43. The van der Waals surface area contributed by atoms with Crippen LogP contribution in [0.2, 0.25) is 0 Å². The number of aromatic nitrogens is 1. The second kappa shape index (κ2) is 9.95. The number of aliphatic hydroxyl groups is 1. The lowest BCUT2D eigenvalue weighted by atomic mass is 9.94. The Balaban J connectivity index is 1.54. The normalized spacial score (nSPS) is 19.6. The molecule has 6 rings (SSSR count). The quantitative estimate of drug-likeness (QED) is 0.128. The monoisotopic (exact) mass is 552 g/mol. The largest absolute Gasteiger partial charge is 0.507 e. The first-order valence-corrected chi connectivity index (χ1v) is 13.9. The van der Waals surface area contributed by atoms with Crippen LogP contribution >= 0.6 is 11.3 Å². The Kier molecular flexibility index (Phi) is 6.43. The summed E-state index contributed by atoms with van der Waals surface area (Å²) in [6.07, 6.45) is 2.37. The molecule has 0 aliphatic carbocycles. The lowest BCUT2D eigenvalue weighted by Crippen LogP contribution is -2.29. The van der Waals surface area contributed by atoms with E-state index in [4.69, 9.17) is 14.5 Å². The van der Waals surface area contributed by atoms with Crippen LogP contribution in [-0.4, -0.2) is 34.5 Å². The molecule has 202 valence electrons. The van der Waals surface area contributed by atoms with Gasteiger partial charge in [0.2, 0.25) is 0 Å². The average Bonchev–Trinajstić information content (AvgIpc) is 3.59. The number of carbonyl (C=O) groups is 2. The summed E-state index contributed by atoms with van der Waals surface area (Å²) in [5.74, 6) is -0.429. The smallest absolute Gasteiger partial charge is 0.301 e. The fraction of sp³-hybridized carbons (Fsp3) is 0.219. The van der Waals surface area contributed by atoms with Crippen LogP contribution in [0.3, 0.4) is 0 Å². The van der Waals surface area contributed by atoms with Crippen molar-refractivity contribution in [2.24, 2.45) is 0 Å². The van der Waals surface area contributed by atoms with Crippen molar-refractivity contribution in [1.82, 2.24) is 4.98 Å². The minimum Gasteiger partial charge on any atom is -0.507 e. The number of thiazole rings is 1. The van der Waals surface area contributed by atoms with Crippen molar-refractivity contribution in [3.05, 3.63) is 101 Å². The summed E-state index contributed by atoms with van der Waals surface area (Å²) in [5.41, 5.74) is 4.87. The van der Waals surface area contributed by atoms with E-state index in [-0.39, 0.29) is 17.4 Å². The van der Waals surface area contributed by atoms with E-state index in [1.54, 1.807) is 36.4 Å². The summed E-state index contributed by atoms with van der Waals surface area (Å²) in [5, 5.41) is 12.0. The number of hydrogen-bond acceptors (Lipinski definition) is 7. The molecule has 1 amide bonds. The maximum atomic E-state index is 13.7. The van der Waals surface area contributed by atoms with Crippen molar-refractivity contribution < 1.29 is 24.2 Å². The molecule has 2 aliphatic heterocycles. The van der Waals surface area contributed by atoms with Crippen molar-refractivity contribution >= 4 is 44.1 Å². The Morgan fingerprint density at radius 2 is 2.02 bits per heavy atom. The summed E-state index contributed by atoms with van der Waals surface area (Å²) in [6, 6.07) is 15.7. The minimum atomic E-state index is -0.905. The second-order valence-electron chi connectivity index (χ2n) is 10.2. The second-order valence-corrected chi connectivity index (χ2v) is 11.2. The number of aliphatic hydroxyl groups excluding tert-OH is 1. The standard InChI is InChI=1S/C32H28N2O5S/c1-5-11-38-23-8-6-7-20(16-23)28-26(29(35)21-9-10-24-22(15-21)14-19(4)39-24)30(36)31(37)34(28)32-33-27-18(3)12-17(2)13-25(27)40-32/h5-10,12-13,15-16,19,28,35H,1,11,14H2,2-4H3/b29-26+/t19-,28-/m0/s1. The van der Waals surface area contributed by atoms with E-state index < -0.39 is 17.7 Å². The molecule has 1 fully saturated rings. The maximum Gasteiger partial charge on any atom is 0.301 e. The van der Waals surface area contributed by atoms with Gasteiger partial charge in [-0.05, 0) is 79.4 Å². The maximum absolute atomic E-state index is 13.7. The molecule has 2 atom stereocenters. The lowest BCUT2D eigenvalue weighted by molar-refractivity contribution is -0.132. The van der Waals surface area contributed by atoms with Gasteiger partial charge in [0, 0.05) is 12.0 Å². The molecule has 0 radical (unpaired) electrons. The molecule has 8 heteroatoms.